The summed E-state index contributed by atoms with van der Waals surface area (Å²) >= 11 is 0. The van der Waals surface area contributed by atoms with Gasteiger partial charge in [-0.05, 0) is 38.8 Å². The number of hydrogen-bond acceptors (Lipinski definition) is 3. The fraction of sp³-hybridized carbons (Fsp3) is 0.333. The molecule has 0 atom stereocenters. The highest BCUT2D eigenvalue weighted by Gasteiger charge is 2.32. The summed E-state index contributed by atoms with van der Waals surface area (Å²) in [6, 6.07) is 5.53. The summed E-state index contributed by atoms with van der Waals surface area (Å²) in [5.41, 5.74) is 11.4. The van der Waals surface area contributed by atoms with Crippen LogP contribution in [0.25, 0.3) is 0 Å². The highest BCUT2D eigenvalue weighted by atomic mass is 16.2. The molecule has 4 nitrogen and oxygen atoms in total. The third-order valence-corrected chi connectivity index (χ3v) is 3.83. The quantitative estimate of drug-likeness (QED) is 0.784. The fourth-order valence-electron chi connectivity index (χ4n) is 2.79. The van der Waals surface area contributed by atoms with E-state index in [9.17, 15) is 4.79 Å². The van der Waals surface area contributed by atoms with Gasteiger partial charge >= 0.3 is 0 Å². The monoisotopic (exact) mass is 255 g/mol. The summed E-state index contributed by atoms with van der Waals surface area (Å²) < 4.78 is 0. The Balaban J connectivity index is 2.01. The number of amides is 1. The molecule has 3 rings (SSSR count). The van der Waals surface area contributed by atoms with Crippen LogP contribution in [0.4, 0.5) is 5.69 Å². The number of benzene rings is 1. The van der Waals surface area contributed by atoms with E-state index < -0.39 is 0 Å². The van der Waals surface area contributed by atoms with E-state index in [1.165, 1.54) is 0 Å². The Labute approximate surface area is 112 Å². The first-order chi connectivity index (χ1) is 9.08. The number of carbonyl (C=O) groups excluding carboxylic acids is 1. The Kier molecular flexibility index (Phi) is 2.66. The third kappa shape index (κ3) is 1.84. The molecule has 1 aromatic carbocycles. The highest BCUT2D eigenvalue weighted by Crippen LogP contribution is 2.33. The van der Waals surface area contributed by atoms with Gasteiger partial charge in [-0.2, -0.15) is 0 Å². The van der Waals surface area contributed by atoms with Crippen molar-refractivity contribution in [1.29, 1.82) is 0 Å². The Morgan fingerprint density at radius 2 is 2.05 bits per heavy atom. The molecule has 0 saturated heterocycles. The summed E-state index contributed by atoms with van der Waals surface area (Å²) in [4.78, 5) is 18.8. The van der Waals surface area contributed by atoms with E-state index >= 15 is 0 Å². The number of carbonyl (C=O) groups is 1. The van der Waals surface area contributed by atoms with Crippen LogP contribution in [0.5, 0.6) is 0 Å². The van der Waals surface area contributed by atoms with Gasteiger partial charge in [-0.15, -0.1) is 0 Å². The molecule has 1 aromatic rings. The number of aliphatic imine (C=N–C) groups is 1. The van der Waals surface area contributed by atoms with Crippen LogP contribution in [0.3, 0.4) is 0 Å². The van der Waals surface area contributed by atoms with Crippen molar-refractivity contribution >= 4 is 17.3 Å². The van der Waals surface area contributed by atoms with Crippen molar-refractivity contribution in [2.45, 2.75) is 33.2 Å². The molecule has 0 aromatic heterocycles. The second-order valence-electron chi connectivity index (χ2n) is 5.14. The average Bonchev–Trinajstić information content (AvgIpc) is 2.69. The van der Waals surface area contributed by atoms with Crippen molar-refractivity contribution < 1.29 is 4.79 Å². The molecule has 0 unspecified atom stereocenters. The zero-order chi connectivity index (χ0) is 13.6. The molecule has 98 valence electrons. The minimum Gasteiger partial charge on any atom is -0.398 e. The largest absolute Gasteiger partial charge is 0.398 e. The van der Waals surface area contributed by atoms with Gasteiger partial charge in [0.05, 0.1) is 12.2 Å². The van der Waals surface area contributed by atoms with E-state index in [0.717, 1.165) is 41.1 Å². The number of hydrogen-bond donors (Lipinski definition) is 1. The molecule has 0 bridgehead atoms. The van der Waals surface area contributed by atoms with E-state index in [-0.39, 0.29) is 5.91 Å². The van der Waals surface area contributed by atoms with Crippen molar-refractivity contribution in [3.8, 4) is 0 Å². The van der Waals surface area contributed by atoms with E-state index in [1.54, 1.807) is 0 Å². The van der Waals surface area contributed by atoms with Crippen molar-refractivity contribution in [3.05, 3.63) is 40.7 Å². The Hall–Kier alpha value is -2.10. The van der Waals surface area contributed by atoms with Crippen LogP contribution in [-0.4, -0.2) is 16.5 Å². The smallest absolute Gasteiger partial charge is 0.258 e. The van der Waals surface area contributed by atoms with Gasteiger partial charge in [0.2, 0.25) is 0 Å². The molecular formula is C15H17N3O. The van der Waals surface area contributed by atoms with Crippen LogP contribution in [0.1, 0.15) is 42.6 Å². The molecule has 2 heterocycles. The minimum atomic E-state index is 0.0476. The predicted molar refractivity (Wildman–Crippen MR) is 75.8 cm³/mol. The SMILES string of the molecule is CC1=NC(C)=C(N2Cc3c(N)cccc3C2=O)CC1. The number of nitrogens with zero attached hydrogens (tertiary/aromatic N) is 2. The number of fused-ring (bicyclic) bond motifs is 1. The first-order valence-electron chi connectivity index (χ1n) is 6.51. The molecule has 0 aliphatic carbocycles. The molecule has 4 heteroatoms. The molecule has 0 saturated carbocycles. The number of rotatable bonds is 1. The van der Waals surface area contributed by atoms with E-state index in [2.05, 4.69) is 4.99 Å². The lowest BCUT2D eigenvalue weighted by molar-refractivity contribution is 0.0819. The van der Waals surface area contributed by atoms with Crippen molar-refractivity contribution in [2.24, 2.45) is 4.99 Å². The van der Waals surface area contributed by atoms with Crippen LogP contribution in [-0.2, 0) is 6.54 Å². The molecule has 2 aliphatic rings. The first kappa shape index (κ1) is 12.0. The third-order valence-electron chi connectivity index (χ3n) is 3.83. The maximum Gasteiger partial charge on any atom is 0.258 e. The Bertz CT molecular complexity index is 628. The number of nitrogens with two attached hydrogens (primary N) is 1. The van der Waals surface area contributed by atoms with E-state index in [0.29, 0.717) is 12.2 Å². The number of nitrogen functional groups attached to an aromatic ring is 1. The van der Waals surface area contributed by atoms with Crippen molar-refractivity contribution in [1.82, 2.24) is 4.90 Å². The molecule has 2 N–H and O–H groups in total. The van der Waals surface area contributed by atoms with Gasteiger partial charge in [0.15, 0.2) is 0 Å². The molecule has 1 amide bonds. The first-order valence-corrected chi connectivity index (χ1v) is 6.51. The van der Waals surface area contributed by atoms with Crippen LogP contribution in [0, 0.1) is 0 Å². The topological polar surface area (TPSA) is 58.7 Å². The normalized spacial score (nSPS) is 18.7. The maximum absolute atomic E-state index is 12.5. The van der Waals surface area contributed by atoms with E-state index in [4.69, 9.17) is 5.73 Å². The molecule has 19 heavy (non-hydrogen) atoms. The zero-order valence-corrected chi connectivity index (χ0v) is 11.2. The van der Waals surface area contributed by atoms with Crippen LogP contribution < -0.4 is 5.73 Å². The predicted octanol–water partition coefficient (Wildman–Crippen LogP) is 2.71. The second-order valence-corrected chi connectivity index (χ2v) is 5.14. The lowest BCUT2D eigenvalue weighted by atomic mass is 10.1. The van der Waals surface area contributed by atoms with Gasteiger partial charge in [0, 0.05) is 28.2 Å². The second kappa shape index (κ2) is 4.23. The molecule has 0 fully saturated rings. The van der Waals surface area contributed by atoms with Gasteiger partial charge in [0.25, 0.3) is 5.91 Å². The Morgan fingerprint density at radius 1 is 1.26 bits per heavy atom. The van der Waals surface area contributed by atoms with Crippen LogP contribution >= 0.6 is 0 Å². The van der Waals surface area contributed by atoms with Crippen LogP contribution in [0.2, 0.25) is 0 Å². The van der Waals surface area contributed by atoms with Gasteiger partial charge in [0.1, 0.15) is 0 Å². The molecule has 0 spiro atoms. The summed E-state index contributed by atoms with van der Waals surface area (Å²) in [5.74, 6) is 0.0476. The fourth-order valence-corrected chi connectivity index (χ4v) is 2.79. The highest BCUT2D eigenvalue weighted by molar-refractivity contribution is 6.01. The molecular weight excluding hydrogens is 238 g/mol. The average molecular weight is 255 g/mol. The maximum atomic E-state index is 12.5. The standard InChI is InChI=1S/C15H17N3O/c1-9-6-7-14(10(2)17-9)18-8-12-11(15(18)19)4-3-5-13(12)16/h3-5H,6-8,16H2,1-2H3. The van der Waals surface area contributed by atoms with Gasteiger partial charge in [-0.1, -0.05) is 6.07 Å². The number of allylic oxidation sites excluding steroid dienone is 2. The summed E-state index contributed by atoms with van der Waals surface area (Å²) in [7, 11) is 0. The lowest BCUT2D eigenvalue weighted by Crippen LogP contribution is -2.26. The van der Waals surface area contributed by atoms with Crippen molar-refractivity contribution in [2.75, 3.05) is 5.73 Å². The van der Waals surface area contributed by atoms with Gasteiger partial charge in [-0.3, -0.25) is 9.79 Å². The van der Waals surface area contributed by atoms with Crippen LogP contribution in [0.15, 0.2) is 34.6 Å². The number of anilines is 1. The van der Waals surface area contributed by atoms with Gasteiger partial charge in [-0.25, -0.2) is 0 Å². The van der Waals surface area contributed by atoms with Crippen molar-refractivity contribution in [3.63, 3.8) is 0 Å². The van der Waals surface area contributed by atoms with Gasteiger partial charge < -0.3 is 10.6 Å². The summed E-state index contributed by atoms with van der Waals surface area (Å²) in [5, 5.41) is 0. The summed E-state index contributed by atoms with van der Waals surface area (Å²) in [6.07, 6.45) is 1.79. The lowest BCUT2D eigenvalue weighted by Gasteiger charge is -2.24. The minimum absolute atomic E-state index is 0.0476. The van der Waals surface area contributed by atoms with E-state index in [1.807, 2.05) is 36.9 Å². The summed E-state index contributed by atoms with van der Waals surface area (Å²) in [6.45, 7) is 4.57. The molecule has 0 radical (unpaired) electrons. The molecule has 2 aliphatic heterocycles. The zero-order valence-electron chi connectivity index (χ0n) is 11.2. The Morgan fingerprint density at radius 3 is 2.74 bits per heavy atom.